The van der Waals surface area contributed by atoms with Crippen molar-refractivity contribution in [1.82, 2.24) is 9.80 Å². The number of sulfonamides is 1. The molecule has 0 bridgehead atoms. The lowest BCUT2D eigenvalue weighted by Crippen LogP contribution is -2.47. The number of carbonyl (C=O) groups excluding carboxylic acids is 1. The second kappa shape index (κ2) is 16.6. The van der Waals surface area contributed by atoms with Gasteiger partial charge in [0.15, 0.2) is 0 Å². The van der Waals surface area contributed by atoms with Gasteiger partial charge in [0, 0.05) is 37.8 Å². The number of carboxylic acids is 1. The number of likely N-dealkylation sites (N-methyl/N-ethyl adjacent to an activating group) is 1. The third kappa shape index (κ3) is 10.0. The molecular formula is C34H45N3O8S2. The van der Waals surface area contributed by atoms with E-state index in [0.717, 1.165) is 36.2 Å². The van der Waals surface area contributed by atoms with Crippen molar-refractivity contribution < 1.29 is 37.7 Å². The van der Waals surface area contributed by atoms with Crippen LogP contribution >= 0.6 is 11.3 Å². The number of hydrogen-bond acceptors (Lipinski definition) is 9. The molecule has 11 nitrogen and oxygen atoms in total. The average molecular weight is 688 g/mol. The molecule has 2 aromatic carbocycles. The summed E-state index contributed by atoms with van der Waals surface area (Å²) in [4.78, 5) is 29.3. The van der Waals surface area contributed by atoms with Gasteiger partial charge in [0.1, 0.15) is 9.96 Å². The van der Waals surface area contributed by atoms with Gasteiger partial charge >= 0.3 is 5.97 Å². The minimum Gasteiger partial charge on any atom is -0.490 e. The van der Waals surface area contributed by atoms with Crippen LogP contribution in [0.2, 0.25) is 0 Å². The predicted molar refractivity (Wildman–Crippen MR) is 182 cm³/mol. The Morgan fingerprint density at radius 2 is 1.89 bits per heavy atom. The molecule has 3 aromatic rings. The van der Waals surface area contributed by atoms with Gasteiger partial charge < -0.3 is 24.6 Å². The van der Waals surface area contributed by atoms with Gasteiger partial charge in [-0.15, -0.1) is 11.3 Å². The van der Waals surface area contributed by atoms with Crippen molar-refractivity contribution in [2.24, 2.45) is 5.92 Å². The number of nitrogens with one attached hydrogen (secondary N) is 1. The van der Waals surface area contributed by atoms with Gasteiger partial charge in [-0.2, -0.15) is 0 Å². The van der Waals surface area contributed by atoms with Crippen LogP contribution in [-0.4, -0.2) is 91.9 Å². The monoisotopic (exact) mass is 687 g/mol. The van der Waals surface area contributed by atoms with Gasteiger partial charge in [0.2, 0.25) is 0 Å². The summed E-state index contributed by atoms with van der Waals surface area (Å²) in [5, 5.41) is 21.1. The summed E-state index contributed by atoms with van der Waals surface area (Å²) in [6.07, 6.45) is 1.94. The maximum atomic E-state index is 14.3. The number of aliphatic hydroxyl groups excluding tert-OH is 1. The number of anilines is 1. The van der Waals surface area contributed by atoms with E-state index in [-0.39, 0.29) is 58.2 Å². The first-order chi connectivity index (χ1) is 22.4. The van der Waals surface area contributed by atoms with Gasteiger partial charge in [0.25, 0.3) is 15.9 Å². The van der Waals surface area contributed by atoms with E-state index in [1.807, 2.05) is 20.9 Å². The van der Waals surface area contributed by atoms with Gasteiger partial charge in [-0.1, -0.05) is 25.1 Å². The molecule has 4 atom stereocenters. The molecular weight excluding hydrogens is 643 g/mol. The molecule has 0 radical (unpaired) electrons. The molecule has 0 fully saturated rings. The lowest BCUT2D eigenvalue weighted by atomic mass is 10.0. The molecule has 47 heavy (non-hydrogen) atoms. The number of amides is 1. The highest BCUT2D eigenvalue weighted by atomic mass is 32.2. The van der Waals surface area contributed by atoms with Crippen LogP contribution < -0.4 is 9.46 Å². The Bertz CT molecular complexity index is 1580. The molecule has 1 aliphatic heterocycles. The summed E-state index contributed by atoms with van der Waals surface area (Å²) in [7, 11) is -1.88. The minimum absolute atomic E-state index is 0.142. The zero-order valence-corrected chi connectivity index (χ0v) is 28.9. The van der Waals surface area contributed by atoms with Crippen LogP contribution in [0.15, 0.2) is 64.2 Å². The Balaban J connectivity index is 1.61. The summed E-state index contributed by atoms with van der Waals surface area (Å²) < 4.78 is 41.4. The molecule has 1 aliphatic rings. The van der Waals surface area contributed by atoms with Crippen LogP contribution in [0.5, 0.6) is 5.75 Å². The van der Waals surface area contributed by atoms with Crippen LogP contribution in [0, 0.1) is 5.92 Å². The molecule has 1 amide bonds. The molecule has 0 unspecified atom stereocenters. The number of hydrogen-bond donors (Lipinski definition) is 3. The van der Waals surface area contributed by atoms with E-state index in [9.17, 15) is 28.2 Å². The van der Waals surface area contributed by atoms with Crippen LogP contribution in [0.1, 0.15) is 66.3 Å². The number of fused-ring (bicyclic) bond motifs is 1. The molecule has 13 heteroatoms. The van der Waals surface area contributed by atoms with Crippen LogP contribution in [0.3, 0.4) is 0 Å². The summed E-state index contributed by atoms with van der Waals surface area (Å²) >= 11 is 1.10. The van der Waals surface area contributed by atoms with Gasteiger partial charge in [-0.25, -0.2) is 13.2 Å². The van der Waals surface area contributed by atoms with Crippen molar-refractivity contribution in [2.45, 2.75) is 69.0 Å². The number of carbonyl (C=O) groups is 2. The van der Waals surface area contributed by atoms with E-state index in [4.69, 9.17) is 9.47 Å². The highest BCUT2D eigenvalue weighted by Gasteiger charge is 2.31. The molecule has 0 saturated heterocycles. The summed E-state index contributed by atoms with van der Waals surface area (Å²) in [5.74, 6) is -1.15. The molecule has 0 aliphatic carbocycles. The molecule has 256 valence electrons. The number of nitrogens with zero attached hydrogens (tertiary/aromatic N) is 2. The van der Waals surface area contributed by atoms with E-state index in [2.05, 4.69) is 9.62 Å². The van der Waals surface area contributed by atoms with Crippen molar-refractivity contribution in [2.75, 3.05) is 38.1 Å². The summed E-state index contributed by atoms with van der Waals surface area (Å²) in [6.45, 7) is 7.39. The zero-order chi connectivity index (χ0) is 34.1. The number of carboxylic acid groups (broad SMARTS) is 1. The second-order valence-corrected chi connectivity index (χ2v) is 15.1. The Hall–Kier alpha value is -3.49. The number of ether oxygens (including phenoxy) is 2. The second-order valence-electron chi connectivity index (χ2n) is 12.2. The highest BCUT2D eigenvalue weighted by molar-refractivity contribution is 7.94. The van der Waals surface area contributed by atoms with Crippen LogP contribution in [0.4, 0.5) is 5.69 Å². The topological polar surface area (TPSA) is 146 Å². The standard InChI is InChI=1S/C34H45N3O8S2/c1-23-19-37(24(2)22-38)33(39)29-18-28(35-47(42,43)32-9-7-17-46-32)14-15-30(29)45-25(3)8-5-6-16-44-31(23)21-36(4)20-26-10-12-27(13-11-26)34(40)41/h7,9-15,17-18,23-25,31,35,38H,5-6,8,16,19-22H2,1-4H3,(H,40,41)/t23-,24+,25-,31-/m1/s1. The maximum absolute atomic E-state index is 14.3. The Morgan fingerprint density at radius 3 is 2.55 bits per heavy atom. The smallest absolute Gasteiger partial charge is 0.335 e. The fourth-order valence-corrected chi connectivity index (χ4v) is 7.55. The first kappa shape index (κ1) is 36.3. The third-order valence-electron chi connectivity index (χ3n) is 8.21. The van der Waals surface area contributed by atoms with Gasteiger partial charge in [0.05, 0.1) is 36.0 Å². The first-order valence-electron chi connectivity index (χ1n) is 15.8. The summed E-state index contributed by atoms with van der Waals surface area (Å²) in [5.41, 5.74) is 1.63. The van der Waals surface area contributed by atoms with Crippen molar-refractivity contribution >= 4 is 38.9 Å². The zero-order valence-electron chi connectivity index (χ0n) is 27.3. The average Bonchev–Trinajstić information content (AvgIpc) is 3.59. The van der Waals surface area contributed by atoms with Crippen LogP contribution in [0.25, 0.3) is 0 Å². The predicted octanol–water partition coefficient (Wildman–Crippen LogP) is 5.17. The first-order valence-corrected chi connectivity index (χ1v) is 18.2. The van der Waals surface area contributed by atoms with E-state index in [0.29, 0.717) is 25.4 Å². The fourth-order valence-electron chi connectivity index (χ4n) is 5.51. The van der Waals surface area contributed by atoms with Crippen molar-refractivity contribution in [1.29, 1.82) is 0 Å². The molecule has 4 rings (SSSR count). The van der Waals surface area contributed by atoms with E-state index < -0.39 is 22.0 Å². The SMILES string of the molecule is C[C@@H]1CCCCO[C@H](CN(C)Cc2ccc(C(=O)O)cc2)[C@H](C)CN([C@@H](C)CO)C(=O)c2cc(NS(=O)(=O)c3cccs3)ccc2O1. The minimum atomic E-state index is -3.85. The van der Waals surface area contributed by atoms with E-state index >= 15 is 0 Å². The lowest BCUT2D eigenvalue weighted by molar-refractivity contribution is -0.0177. The summed E-state index contributed by atoms with van der Waals surface area (Å²) in [6, 6.07) is 14.1. The normalized spacial score (nSPS) is 20.6. The largest absolute Gasteiger partial charge is 0.490 e. The number of thiophene rings is 1. The Labute approximate surface area is 281 Å². The number of aliphatic hydroxyl groups is 1. The highest BCUT2D eigenvalue weighted by Crippen LogP contribution is 2.30. The quantitative estimate of drug-likeness (QED) is 0.263. The number of rotatable bonds is 10. The molecule has 3 N–H and O–H groups in total. The van der Waals surface area contributed by atoms with Gasteiger partial charge in [-0.3, -0.25) is 14.4 Å². The molecule has 2 heterocycles. The number of aromatic carboxylic acids is 1. The molecule has 0 spiro atoms. The van der Waals surface area contributed by atoms with E-state index in [1.54, 1.807) is 59.7 Å². The fraction of sp³-hybridized carbons (Fsp3) is 0.471. The maximum Gasteiger partial charge on any atom is 0.335 e. The molecule has 0 saturated carbocycles. The van der Waals surface area contributed by atoms with E-state index in [1.165, 1.54) is 12.1 Å². The van der Waals surface area contributed by atoms with Crippen molar-refractivity contribution in [3.8, 4) is 5.75 Å². The number of benzene rings is 2. The van der Waals surface area contributed by atoms with Crippen molar-refractivity contribution in [3.05, 3.63) is 76.7 Å². The van der Waals surface area contributed by atoms with Gasteiger partial charge in [-0.05, 0) is 87.5 Å². The van der Waals surface area contributed by atoms with Crippen LogP contribution in [-0.2, 0) is 21.3 Å². The lowest BCUT2D eigenvalue weighted by Gasteiger charge is -2.36. The third-order valence-corrected chi connectivity index (χ3v) is 11.0. The van der Waals surface area contributed by atoms with Crippen molar-refractivity contribution in [3.63, 3.8) is 0 Å². The molecule has 1 aromatic heterocycles. The Kier molecular flexibility index (Phi) is 12.8. The Morgan fingerprint density at radius 1 is 1.15 bits per heavy atom.